The monoisotopic (exact) mass is 239 g/mol. The first-order valence-electron chi connectivity index (χ1n) is 4.50. The first kappa shape index (κ1) is 10.4. The van der Waals surface area contributed by atoms with E-state index in [2.05, 4.69) is 22.2 Å². The van der Waals surface area contributed by atoms with Crippen LogP contribution < -0.4 is 5.32 Å². The van der Waals surface area contributed by atoms with Crippen LogP contribution in [0.25, 0.3) is 0 Å². The number of hydrogen-bond acceptors (Lipinski definition) is 4. The fourth-order valence-corrected chi connectivity index (χ4v) is 2.02. The zero-order valence-electron chi connectivity index (χ0n) is 8.20. The third-order valence-corrected chi connectivity index (χ3v) is 3.18. The molecule has 0 aliphatic rings. The number of rotatable bonds is 3. The van der Waals surface area contributed by atoms with E-state index < -0.39 is 0 Å². The number of hydrogen-bond donors (Lipinski definition) is 1. The number of nitrogens with zero attached hydrogens (tertiary/aromatic N) is 2. The lowest BCUT2D eigenvalue weighted by Crippen LogP contribution is -2.01. The van der Waals surface area contributed by atoms with Crippen LogP contribution in [0.4, 0.5) is 5.13 Å². The van der Waals surface area contributed by atoms with Gasteiger partial charge in [0.1, 0.15) is 5.15 Å². The number of pyridine rings is 1. The van der Waals surface area contributed by atoms with E-state index in [9.17, 15) is 0 Å². The maximum absolute atomic E-state index is 5.72. The Hall–Kier alpha value is -1.13. The lowest BCUT2D eigenvalue weighted by atomic mass is 10.2. The molecule has 2 heterocycles. The van der Waals surface area contributed by atoms with E-state index >= 15 is 0 Å². The van der Waals surface area contributed by atoms with Gasteiger partial charge in [0.05, 0.1) is 0 Å². The molecule has 3 nitrogen and oxygen atoms in total. The van der Waals surface area contributed by atoms with Crippen LogP contribution in [0.1, 0.15) is 11.1 Å². The summed E-state index contributed by atoms with van der Waals surface area (Å²) in [6.45, 7) is 2.79. The molecule has 0 spiro atoms. The maximum atomic E-state index is 5.72. The molecule has 78 valence electrons. The number of thiazole rings is 1. The smallest absolute Gasteiger partial charge is 0.184 e. The second-order valence-electron chi connectivity index (χ2n) is 3.13. The highest BCUT2D eigenvalue weighted by atomic mass is 35.5. The summed E-state index contributed by atoms with van der Waals surface area (Å²) in [7, 11) is 0. The number of nitrogens with one attached hydrogen (secondary N) is 1. The van der Waals surface area contributed by atoms with Crippen molar-refractivity contribution < 1.29 is 0 Å². The summed E-state index contributed by atoms with van der Waals surface area (Å²) in [6.07, 6.45) is 3.65. The van der Waals surface area contributed by atoms with Crippen molar-refractivity contribution in [3.8, 4) is 0 Å². The molecular formula is C10H10ClN3S. The number of aromatic nitrogens is 2. The van der Waals surface area contributed by atoms with Crippen LogP contribution in [0, 0.1) is 6.92 Å². The zero-order chi connectivity index (χ0) is 10.7. The molecule has 0 amide bonds. The molecule has 5 heteroatoms. The van der Waals surface area contributed by atoms with Crippen LogP contribution in [0.5, 0.6) is 0 Å². The second kappa shape index (κ2) is 4.59. The quantitative estimate of drug-likeness (QED) is 0.895. The third-order valence-electron chi connectivity index (χ3n) is 2.05. The molecule has 0 atom stereocenters. The first-order valence-corrected chi connectivity index (χ1v) is 5.76. The molecule has 0 aromatic carbocycles. The minimum atomic E-state index is 0.533. The molecule has 0 radical (unpaired) electrons. The van der Waals surface area contributed by atoms with E-state index in [-0.39, 0.29) is 0 Å². The Morgan fingerprint density at radius 1 is 1.53 bits per heavy atom. The first-order chi connectivity index (χ1) is 7.25. The average molecular weight is 240 g/mol. The second-order valence-corrected chi connectivity index (χ2v) is 4.38. The molecule has 0 saturated heterocycles. The summed E-state index contributed by atoms with van der Waals surface area (Å²) in [4.78, 5) is 8.19. The largest absolute Gasteiger partial charge is 0.357 e. The predicted molar refractivity (Wildman–Crippen MR) is 63.4 cm³/mol. The summed E-state index contributed by atoms with van der Waals surface area (Å²) in [5, 5.41) is 6.38. The lowest BCUT2D eigenvalue weighted by molar-refractivity contribution is 1.07. The fourth-order valence-electron chi connectivity index (χ4n) is 1.19. The molecule has 0 aliphatic carbocycles. The van der Waals surface area contributed by atoms with Gasteiger partial charge < -0.3 is 5.32 Å². The Kier molecular flexibility index (Phi) is 3.18. The Labute approximate surface area is 97.2 Å². The van der Waals surface area contributed by atoms with E-state index in [0.29, 0.717) is 5.15 Å². The Morgan fingerprint density at radius 3 is 3.07 bits per heavy atom. The van der Waals surface area contributed by atoms with Gasteiger partial charge in [-0.1, -0.05) is 11.6 Å². The third kappa shape index (κ3) is 2.67. The van der Waals surface area contributed by atoms with E-state index in [1.54, 1.807) is 11.6 Å². The van der Waals surface area contributed by atoms with Crippen molar-refractivity contribution in [3.05, 3.63) is 40.1 Å². The summed E-state index contributed by atoms with van der Waals surface area (Å²) in [5.41, 5.74) is 2.39. The lowest BCUT2D eigenvalue weighted by Gasteiger charge is -2.04. The number of anilines is 1. The summed E-state index contributed by atoms with van der Waals surface area (Å²) >= 11 is 7.22. The van der Waals surface area contributed by atoms with Gasteiger partial charge in [-0.3, -0.25) is 4.98 Å². The van der Waals surface area contributed by atoms with Gasteiger partial charge >= 0.3 is 0 Å². The molecule has 0 fully saturated rings. The van der Waals surface area contributed by atoms with Crippen molar-refractivity contribution in [1.29, 1.82) is 0 Å². The van der Waals surface area contributed by atoms with E-state index in [1.807, 2.05) is 12.3 Å². The minimum Gasteiger partial charge on any atom is -0.357 e. The van der Waals surface area contributed by atoms with Crippen LogP contribution in [-0.4, -0.2) is 9.97 Å². The van der Waals surface area contributed by atoms with Crippen molar-refractivity contribution in [1.82, 2.24) is 9.97 Å². The number of halogens is 1. The Balaban J connectivity index is 2.02. The summed E-state index contributed by atoms with van der Waals surface area (Å²) < 4.78 is 0. The Bertz CT molecular complexity index is 455. The fraction of sp³-hybridized carbons (Fsp3) is 0.200. The highest BCUT2D eigenvalue weighted by Gasteiger charge is 2.01. The van der Waals surface area contributed by atoms with Crippen LogP contribution in [-0.2, 0) is 6.54 Å². The van der Waals surface area contributed by atoms with Gasteiger partial charge in [-0.15, -0.1) is 11.3 Å². The van der Waals surface area contributed by atoms with E-state index in [4.69, 9.17) is 11.6 Å². The molecule has 0 saturated carbocycles. The normalized spacial score (nSPS) is 10.3. The maximum Gasteiger partial charge on any atom is 0.184 e. The van der Waals surface area contributed by atoms with Crippen LogP contribution >= 0.6 is 22.9 Å². The molecule has 0 bridgehead atoms. The van der Waals surface area contributed by atoms with Gasteiger partial charge in [0.25, 0.3) is 0 Å². The SMILES string of the molecule is Cc1ccncc1CNc1nc(Cl)cs1. The van der Waals surface area contributed by atoms with Crippen molar-refractivity contribution >= 4 is 28.1 Å². The van der Waals surface area contributed by atoms with Crippen molar-refractivity contribution in [2.24, 2.45) is 0 Å². The van der Waals surface area contributed by atoms with Crippen molar-refractivity contribution in [2.45, 2.75) is 13.5 Å². The van der Waals surface area contributed by atoms with Gasteiger partial charge in [-0.2, -0.15) is 0 Å². The predicted octanol–water partition coefficient (Wildman–Crippen LogP) is 3.11. The highest BCUT2D eigenvalue weighted by molar-refractivity contribution is 7.14. The molecular weight excluding hydrogens is 230 g/mol. The van der Waals surface area contributed by atoms with E-state index in [0.717, 1.165) is 11.7 Å². The average Bonchev–Trinajstić information content (AvgIpc) is 2.63. The standard InChI is InChI=1S/C10H10ClN3S/c1-7-2-3-12-4-8(7)5-13-10-14-9(11)6-15-10/h2-4,6H,5H2,1H3,(H,13,14). The molecule has 2 aromatic heterocycles. The molecule has 0 aliphatic heterocycles. The van der Waals surface area contributed by atoms with Crippen LogP contribution in [0.3, 0.4) is 0 Å². The van der Waals surface area contributed by atoms with Crippen molar-refractivity contribution in [2.75, 3.05) is 5.32 Å². The summed E-state index contributed by atoms with van der Waals surface area (Å²) in [5.74, 6) is 0. The highest BCUT2D eigenvalue weighted by Crippen LogP contribution is 2.19. The van der Waals surface area contributed by atoms with Crippen LogP contribution in [0.2, 0.25) is 5.15 Å². The topological polar surface area (TPSA) is 37.8 Å². The molecule has 2 aromatic rings. The molecule has 0 unspecified atom stereocenters. The molecule has 2 rings (SSSR count). The van der Waals surface area contributed by atoms with Gasteiger partial charge in [-0.25, -0.2) is 4.98 Å². The Morgan fingerprint density at radius 2 is 2.40 bits per heavy atom. The minimum absolute atomic E-state index is 0.533. The molecule has 1 N–H and O–H groups in total. The molecule has 15 heavy (non-hydrogen) atoms. The van der Waals surface area contributed by atoms with Crippen molar-refractivity contribution in [3.63, 3.8) is 0 Å². The summed E-state index contributed by atoms with van der Waals surface area (Å²) in [6, 6.07) is 1.99. The van der Waals surface area contributed by atoms with Gasteiger partial charge in [0.15, 0.2) is 5.13 Å². The van der Waals surface area contributed by atoms with Gasteiger partial charge in [0, 0.05) is 24.3 Å². The number of aryl methyl sites for hydroxylation is 1. The van der Waals surface area contributed by atoms with Crippen LogP contribution in [0.15, 0.2) is 23.8 Å². The zero-order valence-corrected chi connectivity index (χ0v) is 9.77. The van der Waals surface area contributed by atoms with Gasteiger partial charge in [0.2, 0.25) is 0 Å². The van der Waals surface area contributed by atoms with E-state index in [1.165, 1.54) is 22.5 Å². The van der Waals surface area contributed by atoms with Gasteiger partial charge in [-0.05, 0) is 24.1 Å².